The molecule has 14 nitrogen and oxygen atoms in total. The summed E-state index contributed by atoms with van der Waals surface area (Å²) in [6.07, 6.45) is 4.26. The fourth-order valence-corrected chi connectivity index (χ4v) is 6.61. The fourth-order valence-electron chi connectivity index (χ4n) is 5.46. The molecule has 0 radical (unpaired) electrons. The molecule has 1 aliphatic rings. The Bertz CT molecular complexity index is 1660. The van der Waals surface area contributed by atoms with Crippen molar-refractivity contribution in [3.05, 3.63) is 60.6 Å². The van der Waals surface area contributed by atoms with Crippen molar-refractivity contribution in [3.63, 3.8) is 0 Å². The number of amides is 3. The van der Waals surface area contributed by atoms with Crippen LogP contribution in [0, 0.1) is 5.92 Å². The summed E-state index contributed by atoms with van der Waals surface area (Å²) < 4.78 is 47.1. The lowest BCUT2D eigenvalue weighted by Gasteiger charge is -2.35. The van der Waals surface area contributed by atoms with Crippen LogP contribution in [0.5, 0.6) is 11.5 Å². The highest BCUT2D eigenvalue weighted by molar-refractivity contribution is 7.89. The second kappa shape index (κ2) is 17.0. The summed E-state index contributed by atoms with van der Waals surface area (Å²) in [6.45, 7) is 5.81. The number of aryl methyl sites for hydroxylation is 1. The van der Waals surface area contributed by atoms with Crippen molar-refractivity contribution in [1.29, 1.82) is 0 Å². The lowest BCUT2D eigenvalue weighted by molar-refractivity contribution is -0.00835. The highest BCUT2D eigenvalue weighted by Crippen LogP contribution is 2.29. The number of anilines is 2. The number of carbonyl (C=O) groups is 2. The van der Waals surface area contributed by atoms with Crippen LogP contribution in [0.3, 0.4) is 0 Å². The van der Waals surface area contributed by atoms with Gasteiger partial charge in [-0.1, -0.05) is 6.92 Å². The summed E-state index contributed by atoms with van der Waals surface area (Å²) in [6, 6.07) is 10.6. The Balaban J connectivity index is 1.61. The van der Waals surface area contributed by atoms with Crippen LogP contribution in [0.2, 0.25) is 0 Å². The van der Waals surface area contributed by atoms with Gasteiger partial charge in [0.25, 0.3) is 15.9 Å². The molecule has 0 spiro atoms. The van der Waals surface area contributed by atoms with Crippen molar-refractivity contribution in [2.75, 3.05) is 51.1 Å². The Morgan fingerprint density at radius 3 is 2.49 bits per heavy atom. The molecule has 268 valence electrons. The monoisotopic (exact) mass is 700 g/mol. The summed E-state index contributed by atoms with van der Waals surface area (Å²) in [5.74, 6) is 0.245. The van der Waals surface area contributed by atoms with Gasteiger partial charge in [0, 0.05) is 57.3 Å². The number of aliphatic hydroxyl groups is 1. The molecule has 3 amide bonds. The predicted molar refractivity (Wildman–Crippen MR) is 186 cm³/mol. The van der Waals surface area contributed by atoms with Crippen LogP contribution in [0.15, 0.2) is 60.0 Å². The van der Waals surface area contributed by atoms with E-state index in [1.54, 1.807) is 68.1 Å². The number of sulfonamides is 1. The number of benzene rings is 2. The van der Waals surface area contributed by atoms with Gasteiger partial charge in [-0.15, -0.1) is 0 Å². The molecule has 2 heterocycles. The number of imidazole rings is 1. The first-order valence-corrected chi connectivity index (χ1v) is 17.8. The number of nitrogens with zero attached hydrogens (tertiary/aromatic N) is 4. The van der Waals surface area contributed by atoms with Crippen LogP contribution < -0.4 is 20.1 Å². The van der Waals surface area contributed by atoms with Crippen molar-refractivity contribution in [3.8, 4) is 11.5 Å². The molecule has 0 saturated heterocycles. The Labute approximate surface area is 288 Å². The van der Waals surface area contributed by atoms with Crippen molar-refractivity contribution < 1.29 is 37.3 Å². The first kappa shape index (κ1) is 37.6. The molecular weight excluding hydrogens is 652 g/mol. The van der Waals surface area contributed by atoms with E-state index < -0.39 is 34.1 Å². The quantitative estimate of drug-likeness (QED) is 0.297. The van der Waals surface area contributed by atoms with Gasteiger partial charge < -0.3 is 39.4 Å². The third-order valence-electron chi connectivity index (χ3n) is 8.45. The van der Waals surface area contributed by atoms with E-state index in [2.05, 4.69) is 15.6 Å². The zero-order valence-electron chi connectivity index (χ0n) is 29.0. The first-order chi connectivity index (χ1) is 23.3. The van der Waals surface area contributed by atoms with Crippen molar-refractivity contribution in [2.45, 2.75) is 63.3 Å². The summed E-state index contributed by atoms with van der Waals surface area (Å²) in [5, 5.41) is 15.7. The van der Waals surface area contributed by atoms with Gasteiger partial charge in [0.1, 0.15) is 11.5 Å². The third kappa shape index (κ3) is 9.94. The molecule has 0 unspecified atom stereocenters. The Morgan fingerprint density at radius 2 is 1.84 bits per heavy atom. The lowest BCUT2D eigenvalue weighted by Crippen LogP contribution is -2.48. The van der Waals surface area contributed by atoms with Gasteiger partial charge in [-0.05, 0) is 75.6 Å². The molecule has 4 rings (SSSR count). The molecule has 4 atom stereocenters. The molecule has 0 aliphatic carbocycles. The second-order valence-electron chi connectivity index (χ2n) is 12.5. The number of fused-ring (bicyclic) bond motifs is 1. The SMILES string of the molecule is COc1ccc(NC(=O)Nc2ccc3c(c2)C(=O)N([C@@H](C)CO)C[C@@H](C)[C@@H](CN(C)S(=O)(=O)c2cn(C)cn2)OCCCC[C@@H](C)O3)cc1. The molecular formula is C34H48N6O8S. The molecule has 0 bridgehead atoms. The Morgan fingerprint density at radius 1 is 1.14 bits per heavy atom. The standard InChI is InChI=1S/C34H48N6O8S/c1-23-18-40(24(2)21-41)33(42)29-17-27(37-34(43)36-26-10-13-28(46-6)14-11-26)12-15-30(29)48-25(3)9-7-8-16-47-31(23)19-39(5)49(44,45)32-20-38(4)22-35-32/h10-15,17,20,22-25,31,41H,7-9,16,18-19,21H2,1-6H3,(H2,36,37,43)/t23-,24+,25-,31-/m1/s1. The second-order valence-corrected chi connectivity index (χ2v) is 14.5. The van der Waals surface area contributed by atoms with Crippen LogP contribution >= 0.6 is 0 Å². The van der Waals surface area contributed by atoms with Crippen LogP contribution in [0.1, 0.15) is 50.4 Å². The van der Waals surface area contributed by atoms with E-state index in [0.29, 0.717) is 35.9 Å². The Kier molecular flexibility index (Phi) is 13.0. The average Bonchev–Trinajstić information content (AvgIpc) is 3.53. The van der Waals surface area contributed by atoms with Crippen LogP contribution in [0.25, 0.3) is 0 Å². The highest BCUT2D eigenvalue weighted by atomic mass is 32.2. The number of ether oxygens (including phenoxy) is 3. The molecule has 0 saturated carbocycles. The van der Waals surface area contributed by atoms with Gasteiger partial charge in [0.2, 0.25) is 0 Å². The number of rotatable bonds is 9. The Hall–Kier alpha value is -4.18. The highest BCUT2D eigenvalue weighted by Gasteiger charge is 2.33. The smallest absolute Gasteiger partial charge is 0.323 e. The van der Waals surface area contributed by atoms with Gasteiger partial charge in [-0.2, -0.15) is 4.31 Å². The number of nitrogens with one attached hydrogen (secondary N) is 2. The van der Waals surface area contributed by atoms with E-state index in [9.17, 15) is 23.1 Å². The number of hydrogen-bond donors (Lipinski definition) is 3. The topological polar surface area (TPSA) is 165 Å². The van der Waals surface area contributed by atoms with E-state index in [1.165, 1.54) is 28.8 Å². The number of aromatic nitrogens is 2. The molecule has 15 heteroatoms. The van der Waals surface area contributed by atoms with Crippen LogP contribution in [0.4, 0.5) is 16.2 Å². The maximum Gasteiger partial charge on any atom is 0.323 e. The summed E-state index contributed by atoms with van der Waals surface area (Å²) in [5.41, 5.74) is 1.13. The van der Waals surface area contributed by atoms with Gasteiger partial charge in [-0.3, -0.25) is 4.79 Å². The number of likely N-dealkylation sites (N-methyl/N-ethyl adjacent to an activating group) is 1. The van der Waals surface area contributed by atoms with E-state index in [0.717, 1.165) is 12.8 Å². The van der Waals surface area contributed by atoms with Crippen molar-refractivity contribution in [1.82, 2.24) is 18.8 Å². The zero-order valence-corrected chi connectivity index (χ0v) is 29.8. The van der Waals surface area contributed by atoms with E-state index in [-0.39, 0.29) is 42.3 Å². The molecule has 1 aliphatic heterocycles. The largest absolute Gasteiger partial charge is 0.497 e. The molecule has 3 N–H and O–H groups in total. The maximum absolute atomic E-state index is 14.4. The van der Waals surface area contributed by atoms with E-state index in [1.807, 2.05) is 13.8 Å². The molecule has 0 fully saturated rings. The van der Waals surface area contributed by atoms with E-state index in [4.69, 9.17) is 14.2 Å². The molecule has 3 aromatic rings. The van der Waals surface area contributed by atoms with Gasteiger partial charge >= 0.3 is 6.03 Å². The summed E-state index contributed by atoms with van der Waals surface area (Å²) in [4.78, 5) is 32.8. The fraction of sp³-hybridized carbons (Fsp3) is 0.500. The normalized spacial score (nSPS) is 20.1. The van der Waals surface area contributed by atoms with Crippen LogP contribution in [-0.4, -0.2) is 103 Å². The number of hydrogen-bond acceptors (Lipinski definition) is 9. The number of aliphatic hydroxyl groups excluding tert-OH is 1. The molecule has 49 heavy (non-hydrogen) atoms. The number of urea groups is 1. The third-order valence-corrected chi connectivity index (χ3v) is 10.2. The first-order valence-electron chi connectivity index (χ1n) is 16.3. The number of methoxy groups -OCH3 is 1. The van der Waals surface area contributed by atoms with Gasteiger partial charge in [-0.25, -0.2) is 18.2 Å². The van der Waals surface area contributed by atoms with Crippen LogP contribution in [-0.2, 0) is 21.8 Å². The van der Waals surface area contributed by atoms with E-state index >= 15 is 0 Å². The van der Waals surface area contributed by atoms with Gasteiger partial charge in [0.15, 0.2) is 5.03 Å². The molecule has 2 aromatic carbocycles. The summed E-state index contributed by atoms with van der Waals surface area (Å²) in [7, 11) is 0.848. The maximum atomic E-state index is 14.4. The van der Waals surface area contributed by atoms with Crippen molar-refractivity contribution >= 4 is 33.3 Å². The minimum Gasteiger partial charge on any atom is -0.497 e. The van der Waals surface area contributed by atoms with Gasteiger partial charge in [0.05, 0.1) is 43.9 Å². The van der Waals surface area contributed by atoms with Crippen molar-refractivity contribution in [2.24, 2.45) is 13.0 Å². The minimum absolute atomic E-state index is 0.0308. The minimum atomic E-state index is -3.89. The molecule has 1 aromatic heterocycles. The zero-order chi connectivity index (χ0) is 35.7. The average molecular weight is 701 g/mol. The predicted octanol–water partition coefficient (Wildman–Crippen LogP) is 4.19. The summed E-state index contributed by atoms with van der Waals surface area (Å²) >= 11 is 0. The number of carbonyl (C=O) groups excluding carboxylic acids is 2. The lowest BCUT2D eigenvalue weighted by atomic mass is 10.0.